The highest BCUT2D eigenvalue weighted by atomic mass is 16.5. The Balaban J connectivity index is 1.35. The minimum atomic E-state index is -0.230. The first-order valence-corrected chi connectivity index (χ1v) is 10.8. The van der Waals surface area contributed by atoms with Gasteiger partial charge >= 0.3 is 0 Å². The summed E-state index contributed by atoms with van der Waals surface area (Å²) >= 11 is 0. The van der Waals surface area contributed by atoms with Crippen molar-refractivity contribution in [3.8, 4) is 5.75 Å². The summed E-state index contributed by atoms with van der Waals surface area (Å²) in [5.74, 6) is 1.13. The fraction of sp³-hybridized carbons (Fsp3) is 0.115. The summed E-state index contributed by atoms with van der Waals surface area (Å²) in [5.41, 5.74) is 2.94. The van der Waals surface area contributed by atoms with Crippen molar-refractivity contribution in [1.29, 1.82) is 0 Å². The molecule has 0 atom stereocenters. The quantitative estimate of drug-likeness (QED) is 0.326. The van der Waals surface area contributed by atoms with E-state index >= 15 is 0 Å². The Hall–Kier alpha value is -4.59. The van der Waals surface area contributed by atoms with Gasteiger partial charge in [-0.05, 0) is 29.8 Å². The summed E-state index contributed by atoms with van der Waals surface area (Å²) in [5, 5.41) is 0. The largest absolute Gasteiger partial charge is 0.487 e. The number of Topliss-reactive ketones (excluding diaryl/α,β-unsaturated/α-hetero) is 2. The Morgan fingerprint density at radius 2 is 1.68 bits per heavy atom. The fourth-order valence-electron chi connectivity index (χ4n) is 3.72. The van der Waals surface area contributed by atoms with Gasteiger partial charge in [0.05, 0.1) is 23.9 Å². The molecule has 0 amide bonds. The number of rotatable bonds is 9. The molecule has 0 saturated heterocycles. The van der Waals surface area contributed by atoms with Crippen LogP contribution in [0.2, 0.25) is 0 Å². The van der Waals surface area contributed by atoms with Crippen molar-refractivity contribution < 1.29 is 14.3 Å². The average Bonchev–Trinajstić information content (AvgIpc) is 3.52. The molecule has 2 N–H and O–H groups in total. The minimum absolute atomic E-state index is 0.000789. The second kappa shape index (κ2) is 9.50. The van der Waals surface area contributed by atoms with Crippen molar-refractivity contribution in [3.05, 3.63) is 108 Å². The summed E-state index contributed by atoms with van der Waals surface area (Å²) in [6, 6.07) is 18.5. The maximum Gasteiger partial charge on any atom is 0.192 e. The first-order chi connectivity index (χ1) is 16.7. The van der Waals surface area contributed by atoms with Gasteiger partial charge in [-0.15, -0.1) is 0 Å². The fourth-order valence-corrected chi connectivity index (χ4v) is 3.72. The van der Waals surface area contributed by atoms with Crippen LogP contribution in [-0.2, 0) is 19.4 Å². The number of hydrogen-bond donors (Lipinski definition) is 2. The van der Waals surface area contributed by atoms with E-state index < -0.39 is 0 Å². The van der Waals surface area contributed by atoms with Crippen LogP contribution in [0.25, 0.3) is 11.0 Å². The van der Waals surface area contributed by atoms with Crippen LogP contribution in [0, 0.1) is 0 Å². The van der Waals surface area contributed by atoms with Crippen molar-refractivity contribution in [2.24, 2.45) is 0 Å². The van der Waals surface area contributed by atoms with E-state index in [1.165, 1.54) is 0 Å². The molecule has 168 valence electrons. The predicted octanol–water partition coefficient (Wildman–Crippen LogP) is 4.11. The molecule has 5 rings (SSSR count). The lowest BCUT2D eigenvalue weighted by Crippen LogP contribution is -2.10. The van der Waals surface area contributed by atoms with Gasteiger partial charge in [0.25, 0.3) is 0 Å². The molecule has 3 heterocycles. The molecule has 34 heavy (non-hydrogen) atoms. The highest BCUT2D eigenvalue weighted by Gasteiger charge is 2.19. The van der Waals surface area contributed by atoms with Gasteiger partial charge in [0.15, 0.2) is 11.6 Å². The Kier molecular flexibility index (Phi) is 5.94. The van der Waals surface area contributed by atoms with Crippen molar-refractivity contribution in [2.45, 2.75) is 19.4 Å². The van der Waals surface area contributed by atoms with Gasteiger partial charge in [0.2, 0.25) is 0 Å². The lowest BCUT2D eigenvalue weighted by Gasteiger charge is -2.09. The Morgan fingerprint density at radius 1 is 0.824 bits per heavy atom. The highest BCUT2D eigenvalue weighted by molar-refractivity contribution is 6.07. The number of ketones is 2. The van der Waals surface area contributed by atoms with E-state index in [2.05, 4.69) is 24.9 Å². The lowest BCUT2D eigenvalue weighted by molar-refractivity contribution is 0.0977. The molecule has 0 unspecified atom stereocenters. The summed E-state index contributed by atoms with van der Waals surface area (Å²) in [4.78, 5) is 44.9. The Labute approximate surface area is 195 Å². The molecule has 3 aromatic heterocycles. The van der Waals surface area contributed by atoms with Gasteiger partial charge < -0.3 is 14.7 Å². The first kappa shape index (κ1) is 21.3. The van der Waals surface area contributed by atoms with E-state index in [4.69, 9.17) is 4.74 Å². The number of fused-ring (bicyclic) bond motifs is 1. The van der Waals surface area contributed by atoms with Crippen molar-refractivity contribution in [1.82, 2.24) is 24.9 Å². The summed E-state index contributed by atoms with van der Waals surface area (Å²) < 4.78 is 5.87. The van der Waals surface area contributed by atoms with Crippen LogP contribution < -0.4 is 4.74 Å². The number of pyridine rings is 1. The maximum absolute atomic E-state index is 13.1. The van der Waals surface area contributed by atoms with E-state index in [0.717, 1.165) is 5.56 Å². The van der Waals surface area contributed by atoms with E-state index in [0.29, 0.717) is 40.6 Å². The molecule has 0 aliphatic carbocycles. The molecule has 0 spiro atoms. The lowest BCUT2D eigenvalue weighted by atomic mass is 10.1. The molecule has 0 bridgehead atoms. The van der Waals surface area contributed by atoms with Crippen LogP contribution in [-0.4, -0.2) is 36.5 Å². The zero-order valence-corrected chi connectivity index (χ0v) is 18.2. The second-order valence-electron chi connectivity index (χ2n) is 7.75. The number of aromatic nitrogens is 5. The number of nitrogens with one attached hydrogen (secondary N) is 2. The summed E-state index contributed by atoms with van der Waals surface area (Å²) in [7, 11) is 0. The van der Waals surface area contributed by atoms with Gasteiger partial charge in [0, 0.05) is 24.2 Å². The van der Waals surface area contributed by atoms with Gasteiger partial charge in [-0.1, -0.05) is 36.4 Å². The molecule has 0 aliphatic heterocycles. The molecule has 8 nitrogen and oxygen atoms in total. The molecule has 8 heteroatoms. The summed E-state index contributed by atoms with van der Waals surface area (Å²) in [6.07, 6.45) is 4.99. The van der Waals surface area contributed by atoms with Crippen LogP contribution >= 0.6 is 0 Å². The van der Waals surface area contributed by atoms with E-state index in [1.54, 1.807) is 42.9 Å². The number of ether oxygens (including phenoxy) is 1. The van der Waals surface area contributed by atoms with Crippen LogP contribution in [0.3, 0.4) is 0 Å². The van der Waals surface area contributed by atoms with Gasteiger partial charge in [-0.3, -0.25) is 9.59 Å². The van der Waals surface area contributed by atoms with Crippen LogP contribution in [0.5, 0.6) is 5.75 Å². The van der Waals surface area contributed by atoms with Gasteiger partial charge in [0.1, 0.15) is 29.7 Å². The number of benzene rings is 2. The number of H-pyrrole nitrogens is 2. The number of nitrogens with zero attached hydrogens (tertiary/aromatic N) is 3. The zero-order valence-electron chi connectivity index (χ0n) is 18.2. The van der Waals surface area contributed by atoms with Crippen molar-refractivity contribution in [3.63, 3.8) is 0 Å². The Morgan fingerprint density at radius 3 is 2.50 bits per heavy atom. The number of para-hydroxylation sites is 1. The van der Waals surface area contributed by atoms with Crippen LogP contribution in [0.1, 0.15) is 38.1 Å². The molecule has 0 fully saturated rings. The third-order valence-corrected chi connectivity index (χ3v) is 5.34. The van der Waals surface area contributed by atoms with Gasteiger partial charge in [-0.2, -0.15) is 0 Å². The standard InChI is InChI=1S/C26H21N5O3/c32-20(14-23-27-12-13-28-23)18-8-4-9-19-25(18)31-24(30-19)15-21(33)26-22(10-5-11-29-26)34-16-17-6-2-1-3-7-17/h1-13H,14-16H2,(H,27,28)(H,30,31). The van der Waals surface area contributed by atoms with Crippen LogP contribution in [0.4, 0.5) is 0 Å². The minimum Gasteiger partial charge on any atom is -0.487 e. The number of carbonyl (C=O) groups is 2. The second-order valence-corrected chi connectivity index (χ2v) is 7.75. The molecule has 2 aromatic carbocycles. The maximum atomic E-state index is 13.1. The molecular formula is C26H21N5O3. The SMILES string of the molecule is O=C(Cc1nc2c(C(=O)Cc3ncc[nH]3)cccc2[nH]1)c1ncccc1OCc1ccccc1. The summed E-state index contributed by atoms with van der Waals surface area (Å²) in [6.45, 7) is 0.332. The van der Waals surface area contributed by atoms with E-state index in [9.17, 15) is 9.59 Å². The van der Waals surface area contributed by atoms with Crippen LogP contribution in [0.15, 0.2) is 79.3 Å². The van der Waals surface area contributed by atoms with Crippen molar-refractivity contribution >= 4 is 22.6 Å². The number of hydrogen-bond acceptors (Lipinski definition) is 6. The average molecular weight is 451 g/mol. The third kappa shape index (κ3) is 4.61. The number of imidazole rings is 2. The molecule has 0 saturated carbocycles. The number of carbonyl (C=O) groups excluding carboxylic acids is 2. The molecule has 5 aromatic rings. The van der Waals surface area contributed by atoms with Crippen molar-refractivity contribution in [2.75, 3.05) is 0 Å². The zero-order chi connectivity index (χ0) is 23.3. The smallest absolute Gasteiger partial charge is 0.192 e. The Bertz CT molecular complexity index is 1440. The van der Waals surface area contributed by atoms with E-state index in [-0.39, 0.29) is 30.1 Å². The molecular weight excluding hydrogens is 430 g/mol. The number of aromatic amines is 2. The normalized spacial score (nSPS) is 10.9. The molecule has 0 aliphatic rings. The predicted molar refractivity (Wildman–Crippen MR) is 126 cm³/mol. The first-order valence-electron chi connectivity index (χ1n) is 10.8. The topological polar surface area (TPSA) is 114 Å². The molecule has 0 radical (unpaired) electrons. The highest BCUT2D eigenvalue weighted by Crippen LogP contribution is 2.22. The van der Waals surface area contributed by atoms with Gasteiger partial charge in [-0.25, -0.2) is 15.0 Å². The third-order valence-electron chi connectivity index (χ3n) is 5.34. The monoisotopic (exact) mass is 451 g/mol. The van der Waals surface area contributed by atoms with E-state index in [1.807, 2.05) is 36.4 Å².